The van der Waals surface area contributed by atoms with Gasteiger partial charge < -0.3 is 20.4 Å². The lowest BCUT2D eigenvalue weighted by Gasteiger charge is -2.27. The summed E-state index contributed by atoms with van der Waals surface area (Å²) in [6.45, 7) is 4.94. The summed E-state index contributed by atoms with van der Waals surface area (Å²) in [5.41, 5.74) is 4.55. The van der Waals surface area contributed by atoms with Gasteiger partial charge in [-0.1, -0.05) is 41.1 Å². The molecule has 1 aliphatic rings. The minimum absolute atomic E-state index is 0.121. The number of oxime groups is 1. The number of benzene rings is 2. The predicted octanol–water partition coefficient (Wildman–Crippen LogP) is 3.94. The quantitative estimate of drug-likeness (QED) is 0.754. The number of rotatable bonds is 5. The number of amides is 3. The average Bonchev–Trinajstić information content (AvgIpc) is 2.71. The van der Waals surface area contributed by atoms with E-state index in [2.05, 4.69) is 15.8 Å². The van der Waals surface area contributed by atoms with Crippen LogP contribution in [0.1, 0.15) is 24.0 Å². The van der Waals surface area contributed by atoms with Crippen molar-refractivity contribution in [3.8, 4) is 0 Å². The maximum absolute atomic E-state index is 12.3. The summed E-state index contributed by atoms with van der Waals surface area (Å²) in [6, 6.07) is 15.1. The monoisotopic (exact) mass is 394 g/mol. The Morgan fingerprint density at radius 1 is 1.03 bits per heavy atom. The molecule has 0 unspecified atom stereocenters. The smallest absolute Gasteiger partial charge is 0.321 e. The van der Waals surface area contributed by atoms with Crippen LogP contribution in [0.15, 0.2) is 53.7 Å². The number of anilines is 2. The van der Waals surface area contributed by atoms with E-state index >= 15 is 0 Å². The van der Waals surface area contributed by atoms with Crippen molar-refractivity contribution in [3.05, 3.63) is 59.7 Å². The van der Waals surface area contributed by atoms with Gasteiger partial charge in [0, 0.05) is 37.3 Å². The van der Waals surface area contributed by atoms with Crippen LogP contribution < -0.4 is 10.6 Å². The van der Waals surface area contributed by atoms with Crippen LogP contribution in [0, 0.1) is 13.8 Å². The van der Waals surface area contributed by atoms with Crippen molar-refractivity contribution < 1.29 is 14.4 Å². The van der Waals surface area contributed by atoms with E-state index in [0.717, 1.165) is 28.2 Å². The Kier molecular flexibility index (Phi) is 6.84. The fraction of sp³-hybridized carbons (Fsp3) is 0.318. The van der Waals surface area contributed by atoms with Gasteiger partial charge in [0.2, 0.25) is 0 Å². The van der Waals surface area contributed by atoms with Crippen LogP contribution in [0.2, 0.25) is 0 Å². The van der Waals surface area contributed by atoms with E-state index in [-0.39, 0.29) is 18.5 Å². The molecule has 0 aliphatic carbocycles. The van der Waals surface area contributed by atoms with Crippen molar-refractivity contribution in [1.29, 1.82) is 0 Å². The van der Waals surface area contributed by atoms with Crippen molar-refractivity contribution in [2.24, 2.45) is 5.16 Å². The lowest BCUT2D eigenvalue weighted by molar-refractivity contribution is -0.120. The first kappa shape index (κ1) is 20.4. The van der Waals surface area contributed by atoms with Crippen molar-refractivity contribution in [2.45, 2.75) is 26.7 Å². The van der Waals surface area contributed by atoms with E-state index in [1.165, 1.54) is 0 Å². The molecule has 152 valence electrons. The molecule has 0 radical (unpaired) electrons. The molecular formula is C22H26N4O3. The number of hydrogen-bond donors (Lipinski definition) is 2. The van der Waals surface area contributed by atoms with E-state index in [4.69, 9.17) is 4.84 Å². The molecular weight excluding hydrogens is 368 g/mol. The molecule has 1 aliphatic heterocycles. The van der Waals surface area contributed by atoms with Gasteiger partial charge in [-0.3, -0.25) is 4.79 Å². The Labute approximate surface area is 170 Å². The number of piperidine rings is 1. The Morgan fingerprint density at radius 2 is 1.76 bits per heavy atom. The van der Waals surface area contributed by atoms with Crippen LogP contribution in [-0.4, -0.2) is 42.2 Å². The Hall–Kier alpha value is -3.35. The second-order valence-corrected chi connectivity index (χ2v) is 7.08. The predicted molar refractivity (Wildman–Crippen MR) is 114 cm³/mol. The van der Waals surface area contributed by atoms with Crippen LogP contribution >= 0.6 is 0 Å². The van der Waals surface area contributed by atoms with Gasteiger partial charge in [0.05, 0.1) is 5.71 Å². The fourth-order valence-corrected chi connectivity index (χ4v) is 3.11. The van der Waals surface area contributed by atoms with Gasteiger partial charge in [0.25, 0.3) is 5.91 Å². The molecule has 1 heterocycles. The molecule has 1 fully saturated rings. The molecule has 7 heteroatoms. The van der Waals surface area contributed by atoms with E-state index in [1.54, 1.807) is 4.90 Å². The summed E-state index contributed by atoms with van der Waals surface area (Å²) in [5.74, 6) is -0.249. The zero-order valence-electron chi connectivity index (χ0n) is 16.8. The van der Waals surface area contributed by atoms with Gasteiger partial charge in [-0.05, 0) is 37.6 Å². The first-order valence-electron chi connectivity index (χ1n) is 9.67. The highest BCUT2D eigenvalue weighted by molar-refractivity contribution is 5.93. The Bertz CT molecular complexity index is 886. The molecule has 0 atom stereocenters. The van der Waals surface area contributed by atoms with Gasteiger partial charge in [0.15, 0.2) is 6.61 Å². The summed E-state index contributed by atoms with van der Waals surface area (Å²) in [7, 11) is 0. The van der Waals surface area contributed by atoms with E-state index in [1.807, 2.05) is 62.4 Å². The van der Waals surface area contributed by atoms with Crippen molar-refractivity contribution in [3.63, 3.8) is 0 Å². The van der Waals surface area contributed by atoms with Gasteiger partial charge >= 0.3 is 6.03 Å². The molecule has 0 bridgehead atoms. The standard InChI is InChI=1S/C22H26N4O3/c1-16-8-9-20(17(2)14-16)24-21(27)15-29-25-19-10-12-26(13-11-19)22(28)23-18-6-4-3-5-7-18/h3-9,14H,10-13,15H2,1-2H3,(H,23,28)(H,24,27). The zero-order valence-corrected chi connectivity index (χ0v) is 16.8. The summed E-state index contributed by atoms with van der Waals surface area (Å²) in [5, 5.41) is 9.78. The number of likely N-dealkylation sites (tertiary alicyclic amines) is 1. The molecule has 29 heavy (non-hydrogen) atoms. The maximum Gasteiger partial charge on any atom is 0.321 e. The third-order valence-corrected chi connectivity index (χ3v) is 4.70. The van der Waals surface area contributed by atoms with Crippen LogP contribution in [0.25, 0.3) is 0 Å². The highest BCUT2D eigenvalue weighted by Crippen LogP contribution is 2.16. The van der Waals surface area contributed by atoms with Crippen LogP contribution in [-0.2, 0) is 9.63 Å². The molecule has 0 aromatic heterocycles. The highest BCUT2D eigenvalue weighted by atomic mass is 16.6. The number of carbonyl (C=O) groups excluding carboxylic acids is 2. The van der Waals surface area contributed by atoms with Crippen LogP contribution in [0.3, 0.4) is 0 Å². The van der Waals surface area contributed by atoms with E-state index < -0.39 is 0 Å². The van der Waals surface area contributed by atoms with Crippen molar-refractivity contribution in [1.82, 2.24) is 4.90 Å². The van der Waals surface area contributed by atoms with Gasteiger partial charge in [-0.2, -0.15) is 0 Å². The normalized spacial score (nSPS) is 13.6. The second kappa shape index (κ2) is 9.73. The lowest BCUT2D eigenvalue weighted by atomic mass is 10.1. The molecule has 7 nitrogen and oxygen atoms in total. The number of carbonyl (C=O) groups is 2. The van der Waals surface area contributed by atoms with Crippen LogP contribution in [0.5, 0.6) is 0 Å². The maximum atomic E-state index is 12.3. The summed E-state index contributed by atoms with van der Waals surface area (Å²) in [4.78, 5) is 31.3. The van der Waals surface area contributed by atoms with Crippen molar-refractivity contribution >= 4 is 29.0 Å². The van der Waals surface area contributed by atoms with Crippen LogP contribution in [0.4, 0.5) is 16.2 Å². The third-order valence-electron chi connectivity index (χ3n) is 4.70. The first-order valence-corrected chi connectivity index (χ1v) is 9.67. The minimum atomic E-state index is -0.249. The molecule has 1 saturated heterocycles. The Balaban J connectivity index is 1.40. The number of nitrogens with one attached hydrogen (secondary N) is 2. The number of nitrogens with zero attached hydrogens (tertiary/aromatic N) is 2. The molecule has 3 rings (SSSR count). The molecule has 3 amide bonds. The molecule has 2 aromatic carbocycles. The average molecular weight is 394 g/mol. The summed E-state index contributed by atoms with van der Waals surface area (Å²) < 4.78 is 0. The molecule has 0 saturated carbocycles. The van der Waals surface area contributed by atoms with E-state index in [0.29, 0.717) is 25.9 Å². The Morgan fingerprint density at radius 3 is 2.45 bits per heavy atom. The molecule has 0 spiro atoms. The second-order valence-electron chi connectivity index (χ2n) is 7.08. The fourth-order valence-electron chi connectivity index (χ4n) is 3.11. The summed E-state index contributed by atoms with van der Waals surface area (Å²) >= 11 is 0. The minimum Gasteiger partial charge on any atom is -0.386 e. The highest BCUT2D eigenvalue weighted by Gasteiger charge is 2.20. The van der Waals surface area contributed by atoms with Gasteiger partial charge in [0.1, 0.15) is 0 Å². The number of hydrogen-bond acceptors (Lipinski definition) is 4. The molecule has 2 aromatic rings. The number of para-hydroxylation sites is 1. The van der Waals surface area contributed by atoms with Crippen molar-refractivity contribution in [2.75, 3.05) is 30.3 Å². The van der Waals surface area contributed by atoms with E-state index in [9.17, 15) is 9.59 Å². The first-order chi connectivity index (χ1) is 14.0. The van der Waals surface area contributed by atoms with Gasteiger partial charge in [-0.15, -0.1) is 0 Å². The SMILES string of the molecule is Cc1ccc(NC(=O)CON=C2CCN(C(=O)Nc3ccccc3)CC2)c(C)c1. The largest absolute Gasteiger partial charge is 0.386 e. The van der Waals surface area contributed by atoms with Gasteiger partial charge in [-0.25, -0.2) is 4.79 Å². The topological polar surface area (TPSA) is 83.0 Å². The molecule has 2 N–H and O–H groups in total. The lowest BCUT2D eigenvalue weighted by Crippen LogP contribution is -2.41. The number of aryl methyl sites for hydroxylation is 2. The summed E-state index contributed by atoms with van der Waals surface area (Å²) in [6.07, 6.45) is 1.25. The third kappa shape index (κ3) is 6.07. The number of urea groups is 1. The zero-order chi connectivity index (χ0) is 20.6.